The lowest BCUT2D eigenvalue weighted by Crippen LogP contribution is -2.32. The molecule has 0 radical (unpaired) electrons. The van der Waals surface area contributed by atoms with E-state index in [9.17, 15) is 0 Å². The van der Waals surface area contributed by atoms with E-state index >= 15 is 0 Å². The second-order valence-corrected chi connectivity index (χ2v) is 18.9. The Morgan fingerprint density at radius 2 is 1.08 bits per heavy atom. The third-order valence-electron chi connectivity index (χ3n) is 14.9. The van der Waals surface area contributed by atoms with Crippen molar-refractivity contribution in [3.63, 3.8) is 0 Å². The number of benzene rings is 8. The highest BCUT2D eigenvalue weighted by Gasteiger charge is 2.45. The Kier molecular flexibility index (Phi) is 8.86. The minimum Gasteiger partial charge on any atom is -0.342 e. The molecule has 0 bridgehead atoms. The third kappa shape index (κ3) is 6.05. The molecule has 4 heteroatoms. The van der Waals surface area contributed by atoms with Crippen LogP contribution < -0.4 is 14.7 Å². The molecule has 4 aliphatic rings. The zero-order chi connectivity index (χ0) is 43.9. The molecule has 3 heterocycles. The fourth-order valence-corrected chi connectivity index (χ4v) is 11.7. The third-order valence-corrected chi connectivity index (χ3v) is 14.9. The van der Waals surface area contributed by atoms with E-state index in [-0.39, 0.29) is 5.41 Å². The summed E-state index contributed by atoms with van der Waals surface area (Å²) in [6, 6.07) is 69.1. The Hall–Kier alpha value is -7.82. The summed E-state index contributed by atoms with van der Waals surface area (Å²) < 4.78 is 2.41. The first kappa shape index (κ1) is 38.6. The number of fused-ring (bicyclic) bond motifs is 9. The van der Waals surface area contributed by atoms with Crippen molar-refractivity contribution >= 4 is 73.8 Å². The Morgan fingerprint density at radius 1 is 0.515 bits per heavy atom. The molecule has 4 nitrogen and oxygen atoms in total. The lowest BCUT2D eigenvalue weighted by molar-refractivity contribution is 0.391. The van der Waals surface area contributed by atoms with Gasteiger partial charge in [0, 0.05) is 51.7 Å². The number of hydrogen-bond donors (Lipinski definition) is 0. The van der Waals surface area contributed by atoms with Gasteiger partial charge in [0.2, 0.25) is 0 Å². The van der Waals surface area contributed by atoms with Crippen molar-refractivity contribution in [2.45, 2.75) is 38.0 Å². The molecule has 0 amide bonds. The van der Waals surface area contributed by atoms with E-state index in [0.717, 1.165) is 52.8 Å². The van der Waals surface area contributed by atoms with Crippen LogP contribution in [0.4, 0.5) is 39.8 Å². The van der Waals surface area contributed by atoms with Crippen LogP contribution in [-0.2, 0) is 11.8 Å². The molecule has 2 atom stereocenters. The standard InChI is InChI=1S/C62H50N4/c1-62(2)53-39-43(29-33-49(53)50-34-31-47(41-54(50)62)63-37-15-17-44-16-9-10-22-55(44)63)28-27-42-30-35-56-51(38-42)52-40-48(32-36-57(52)64(56)45-18-5-3-6-19-45)66-60-25-13-11-23-58(60)65(46-20-7-4-8-21-46)59-24-12-14-26-61(59)66/h3-14,16,18-36,38-41,50,54H,15,17,37H2,1-2H3/b28-27+. The van der Waals surface area contributed by atoms with Crippen molar-refractivity contribution in [3.05, 3.63) is 240 Å². The van der Waals surface area contributed by atoms with Crippen molar-refractivity contribution in [1.82, 2.24) is 4.57 Å². The smallest absolute Gasteiger partial charge is 0.0703 e. The van der Waals surface area contributed by atoms with Gasteiger partial charge in [0.05, 0.1) is 33.8 Å². The van der Waals surface area contributed by atoms with Crippen molar-refractivity contribution in [3.8, 4) is 5.69 Å². The van der Waals surface area contributed by atoms with Gasteiger partial charge >= 0.3 is 0 Å². The second kappa shape index (κ2) is 15.1. The topological polar surface area (TPSA) is 14.7 Å². The first-order valence-corrected chi connectivity index (χ1v) is 23.5. The average molecular weight is 851 g/mol. The van der Waals surface area contributed by atoms with Crippen molar-refractivity contribution in [2.24, 2.45) is 5.92 Å². The largest absolute Gasteiger partial charge is 0.342 e. The van der Waals surface area contributed by atoms with E-state index in [1.54, 1.807) is 0 Å². The van der Waals surface area contributed by atoms with Gasteiger partial charge in [-0.05, 0) is 143 Å². The molecule has 2 unspecified atom stereocenters. The summed E-state index contributed by atoms with van der Waals surface area (Å²) in [7, 11) is 0. The average Bonchev–Trinajstić information content (AvgIpc) is 3.81. The van der Waals surface area contributed by atoms with Gasteiger partial charge in [-0.3, -0.25) is 0 Å². The van der Waals surface area contributed by atoms with Gasteiger partial charge in [0.25, 0.3) is 0 Å². The molecule has 66 heavy (non-hydrogen) atoms. The minimum atomic E-state index is 0.000265. The highest BCUT2D eigenvalue weighted by molar-refractivity contribution is 6.12. The normalized spacial score (nSPS) is 18.0. The van der Waals surface area contributed by atoms with Crippen LogP contribution in [0.25, 0.3) is 39.6 Å². The highest BCUT2D eigenvalue weighted by atomic mass is 15.3. The maximum Gasteiger partial charge on any atom is 0.0703 e. The van der Waals surface area contributed by atoms with E-state index < -0.39 is 0 Å². The van der Waals surface area contributed by atoms with E-state index in [4.69, 9.17) is 0 Å². The molecule has 0 fully saturated rings. The van der Waals surface area contributed by atoms with Crippen LogP contribution in [0.3, 0.4) is 0 Å². The van der Waals surface area contributed by atoms with Gasteiger partial charge in [0.1, 0.15) is 0 Å². The molecule has 0 N–H and O–H groups in total. The zero-order valence-electron chi connectivity index (χ0n) is 37.3. The molecule has 9 aromatic rings. The molecular formula is C62H50N4. The Balaban J connectivity index is 0.877. The summed E-state index contributed by atoms with van der Waals surface area (Å²) in [5.41, 5.74) is 19.9. The maximum absolute atomic E-state index is 2.58. The highest BCUT2D eigenvalue weighted by Crippen LogP contribution is 2.56. The van der Waals surface area contributed by atoms with Crippen molar-refractivity contribution < 1.29 is 0 Å². The molecule has 0 saturated heterocycles. The monoisotopic (exact) mass is 850 g/mol. The first-order valence-electron chi connectivity index (χ1n) is 23.5. The number of nitrogens with zero attached hydrogens (tertiary/aromatic N) is 4. The van der Waals surface area contributed by atoms with E-state index in [0.29, 0.717) is 11.8 Å². The van der Waals surface area contributed by atoms with Gasteiger partial charge in [-0.25, -0.2) is 0 Å². The van der Waals surface area contributed by atoms with Crippen LogP contribution in [-0.4, -0.2) is 11.1 Å². The molecule has 2 aliphatic heterocycles. The van der Waals surface area contributed by atoms with Gasteiger partial charge < -0.3 is 19.3 Å². The minimum absolute atomic E-state index is 0.000265. The van der Waals surface area contributed by atoms with Gasteiger partial charge in [-0.2, -0.15) is 0 Å². The molecule has 8 aromatic carbocycles. The fraction of sp³-hybridized carbons (Fsp3) is 0.129. The van der Waals surface area contributed by atoms with Gasteiger partial charge in [-0.15, -0.1) is 0 Å². The fourth-order valence-electron chi connectivity index (χ4n) is 11.7. The number of para-hydroxylation sites is 7. The Bertz CT molecular complexity index is 3410. The Labute approximate surface area is 387 Å². The molecule has 13 rings (SSSR count). The number of aryl methyl sites for hydroxylation is 1. The van der Waals surface area contributed by atoms with Crippen molar-refractivity contribution in [1.29, 1.82) is 0 Å². The number of hydrogen-bond acceptors (Lipinski definition) is 3. The van der Waals surface area contributed by atoms with E-state index in [1.807, 2.05) is 0 Å². The number of allylic oxidation sites excluding steroid dienone is 3. The SMILES string of the molecule is CC1(C)c2cc(/C=C/c3ccc4c(c3)c3cc(N5c6ccccc6N(c6ccccc6)c6ccccc65)ccc3n4-c3ccccc3)ccc2C2C=CC(N3CCCc4ccccc43)=CC21. The number of aromatic nitrogens is 1. The Morgan fingerprint density at radius 3 is 1.77 bits per heavy atom. The van der Waals surface area contributed by atoms with E-state index in [1.165, 1.54) is 67.4 Å². The maximum atomic E-state index is 2.58. The summed E-state index contributed by atoms with van der Waals surface area (Å²) in [6.45, 7) is 5.97. The van der Waals surface area contributed by atoms with Gasteiger partial charge in [0.15, 0.2) is 0 Å². The van der Waals surface area contributed by atoms with Gasteiger partial charge in [-0.1, -0.05) is 141 Å². The van der Waals surface area contributed by atoms with Crippen LogP contribution in [0, 0.1) is 5.92 Å². The predicted molar refractivity (Wildman–Crippen MR) is 278 cm³/mol. The second-order valence-electron chi connectivity index (χ2n) is 18.9. The predicted octanol–water partition coefficient (Wildman–Crippen LogP) is 16.1. The van der Waals surface area contributed by atoms with Crippen LogP contribution in [0.15, 0.2) is 212 Å². The summed E-state index contributed by atoms with van der Waals surface area (Å²) in [6.07, 6.45) is 14.4. The summed E-state index contributed by atoms with van der Waals surface area (Å²) in [5, 5.41) is 2.45. The summed E-state index contributed by atoms with van der Waals surface area (Å²) in [4.78, 5) is 7.37. The molecule has 1 aromatic heterocycles. The molecule has 0 spiro atoms. The van der Waals surface area contributed by atoms with Crippen LogP contribution in [0.5, 0.6) is 0 Å². The van der Waals surface area contributed by atoms with E-state index in [2.05, 4.69) is 252 Å². The summed E-state index contributed by atoms with van der Waals surface area (Å²) >= 11 is 0. The quantitative estimate of drug-likeness (QED) is 0.155. The van der Waals surface area contributed by atoms with Crippen LogP contribution >= 0.6 is 0 Å². The molecular weight excluding hydrogens is 801 g/mol. The molecule has 0 saturated carbocycles. The first-order chi connectivity index (χ1) is 32.5. The molecule has 2 aliphatic carbocycles. The van der Waals surface area contributed by atoms with Crippen molar-refractivity contribution in [2.75, 3.05) is 21.2 Å². The van der Waals surface area contributed by atoms with Crippen LogP contribution in [0.2, 0.25) is 0 Å². The number of anilines is 7. The molecule has 318 valence electrons. The number of rotatable bonds is 6. The summed E-state index contributed by atoms with van der Waals surface area (Å²) in [5.74, 6) is 0.797. The van der Waals surface area contributed by atoms with Crippen LogP contribution in [0.1, 0.15) is 54.0 Å². The lowest BCUT2D eigenvalue weighted by atomic mass is 9.74. The zero-order valence-corrected chi connectivity index (χ0v) is 37.3. The lowest BCUT2D eigenvalue weighted by Gasteiger charge is -2.40.